The average Bonchev–Trinajstić information content (AvgIpc) is 2.67. The number of hydrogen-bond acceptors (Lipinski definition) is 2. The Morgan fingerprint density at radius 3 is 2.86 bits per heavy atom. The molecule has 1 aliphatic rings. The quantitative estimate of drug-likeness (QED) is 0.894. The van der Waals surface area contributed by atoms with E-state index in [9.17, 15) is 8.78 Å². The molecule has 1 fully saturated rings. The summed E-state index contributed by atoms with van der Waals surface area (Å²) in [6, 6.07) is 3.04. The zero-order chi connectivity index (χ0) is 15.2. The van der Waals surface area contributed by atoms with Gasteiger partial charge in [-0.1, -0.05) is 19.8 Å². The predicted octanol–water partition coefficient (Wildman–Crippen LogP) is 3.87. The predicted molar refractivity (Wildman–Crippen MR) is 82.0 cm³/mol. The summed E-state index contributed by atoms with van der Waals surface area (Å²) in [4.78, 5) is 2.30. The van der Waals surface area contributed by atoms with Crippen LogP contribution >= 0.6 is 0 Å². The molecule has 1 saturated heterocycles. The van der Waals surface area contributed by atoms with E-state index < -0.39 is 17.7 Å². The highest BCUT2D eigenvalue weighted by Gasteiger charge is 2.20. The van der Waals surface area contributed by atoms with E-state index >= 15 is 0 Å². The molecule has 0 spiro atoms. The van der Waals surface area contributed by atoms with Crippen LogP contribution in [0.1, 0.15) is 50.6 Å². The minimum absolute atomic E-state index is 0.282. The summed E-state index contributed by atoms with van der Waals surface area (Å²) in [5.41, 5.74) is 6.37. The van der Waals surface area contributed by atoms with E-state index in [1.165, 1.54) is 38.2 Å². The number of likely N-dealkylation sites (tertiary alicyclic amines) is 1. The van der Waals surface area contributed by atoms with Gasteiger partial charge in [-0.25, -0.2) is 8.78 Å². The first kappa shape index (κ1) is 16.4. The topological polar surface area (TPSA) is 29.3 Å². The molecule has 4 heteroatoms. The van der Waals surface area contributed by atoms with Gasteiger partial charge in [0.1, 0.15) is 11.6 Å². The lowest BCUT2D eigenvalue weighted by atomic mass is 9.96. The van der Waals surface area contributed by atoms with Gasteiger partial charge in [0.25, 0.3) is 0 Å². The fourth-order valence-electron chi connectivity index (χ4n) is 3.28. The lowest BCUT2D eigenvalue weighted by molar-refractivity contribution is 0.261. The number of nitrogens with zero attached hydrogens (tertiary/aromatic N) is 1. The van der Waals surface area contributed by atoms with Crippen LogP contribution < -0.4 is 5.73 Å². The van der Waals surface area contributed by atoms with E-state index in [1.54, 1.807) is 0 Å². The van der Waals surface area contributed by atoms with E-state index in [1.807, 2.05) is 0 Å². The Kier molecular flexibility index (Phi) is 6.12. The van der Waals surface area contributed by atoms with Crippen molar-refractivity contribution in [3.05, 3.63) is 35.4 Å². The van der Waals surface area contributed by atoms with E-state index in [-0.39, 0.29) is 5.56 Å². The van der Waals surface area contributed by atoms with Crippen LogP contribution in [0.2, 0.25) is 0 Å². The standard InChI is InChI=1S/C17H26F2N2/c1-2-4-13-5-3-9-21(10-8-13)12-17(20)15-11-14(18)6-7-16(15)19/h6-7,11,13,17H,2-5,8-10,12,20H2,1H3. The zero-order valence-electron chi connectivity index (χ0n) is 12.8. The molecule has 21 heavy (non-hydrogen) atoms. The van der Waals surface area contributed by atoms with Crippen LogP contribution in [0.25, 0.3) is 0 Å². The Hall–Kier alpha value is -1.00. The molecule has 2 unspecified atom stereocenters. The molecule has 1 heterocycles. The van der Waals surface area contributed by atoms with Crippen LogP contribution in [0, 0.1) is 17.6 Å². The third-order valence-corrected chi connectivity index (χ3v) is 4.45. The van der Waals surface area contributed by atoms with Crippen LogP contribution in [0.4, 0.5) is 8.78 Å². The van der Waals surface area contributed by atoms with Gasteiger partial charge in [-0.3, -0.25) is 0 Å². The maximum Gasteiger partial charge on any atom is 0.128 e. The fraction of sp³-hybridized carbons (Fsp3) is 0.647. The number of hydrogen-bond donors (Lipinski definition) is 1. The summed E-state index contributed by atoms with van der Waals surface area (Å²) < 4.78 is 27.0. The molecule has 2 nitrogen and oxygen atoms in total. The highest BCUT2D eigenvalue weighted by Crippen LogP contribution is 2.24. The van der Waals surface area contributed by atoms with Crippen molar-refractivity contribution in [1.29, 1.82) is 0 Å². The zero-order valence-corrected chi connectivity index (χ0v) is 12.8. The van der Waals surface area contributed by atoms with Crippen molar-refractivity contribution >= 4 is 0 Å². The minimum Gasteiger partial charge on any atom is -0.323 e. The molecule has 0 aliphatic carbocycles. The molecule has 1 aromatic rings. The third-order valence-electron chi connectivity index (χ3n) is 4.45. The molecule has 1 aliphatic heterocycles. The van der Waals surface area contributed by atoms with E-state index in [0.717, 1.165) is 31.1 Å². The van der Waals surface area contributed by atoms with E-state index in [4.69, 9.17) is 5.73 Å². The van der Waals surface area contributed by atoms with Gasteiger partial charge in [0.05, 0.1) is 0 Å². The first-order chi connectivity index (χ1) is 10.1. The Labute approximate surface area is 126 Å². The van der Waals surface area contributed by atoms with Crippen LogP contribution in [0.3, 0.4) is 0 Å². The summed E-state index contributed by atoms with van der Waals surface area (Å²) in [7, 11) is 0. The first-order valence-electron chi connectivity index (χ1n) is 8.03. The molecule has 0 aromatic heterocycles. The fourth-order valence-corrected chi connectivity index (χ4v) is 3.28. The maximum atomic E-state index is 13.8. The van der Waals surface area contributed by atoms with Gasteiger partial charge in [0.2, 0.25) is 0 Å². The van der Waals surface area contributed by atoms with Crippen LogP contribution in [-0.2, 0) is 0 Å². The van der Waals surface area contributed by atoms with Crippen molar-refractivity contribution in [2.24, 2.45) is 11.7 Å². The van der Waals surface area contributed by atoms with E-state index in [2.05, 4.69) is 11.8 Å². The van der Waals surface area contributed by atoms with Crippen LogP contribution in [0.15, 0.2) is 18.2 Å². The van der Waals surface area contributed by atoms with Crippen LogP contribution in [-0.4, -0.2) is 24.5 Å². The molecule has 0 bridgehead atoms. The van der Waals surface area contributed by atoms with Gasteiger partial charge in [-0.2, -0.15) is 0 Å². The second-order valence-electron chi connectivity index (χ2n) is 6.16. The summed E-state index contributed by atoms with van der Waals surface area (Å²) in [6.45, 7) is 4.84. The number of rotatable bonds is 5. The van der Waals surface area contributed by atoms with Crippen LogP contribution in [0.5, 0.6) is 0 Å². The number of nitrogens with two attached hydrogens (primary N) is 1. The monoisotopic (exact) mass is 296 g/mol. The van der Waals surface area contributed by atoms with Crippen molar-refractivity contribution in [2.75, 3.05) is 19.6 Å². The van der Waals surface area contributed by atoms with Gasteiger partial charge < -0.3 is 10.6 Å². The molecule has 118 valence electrons. The van der Waals surface area contributed by atoms with Crippen molar-refractivity contribution in [3.8, 4) is 0 Å². The van der Waals surface area contributed by atoms with Gasteiger partial charge in [0, 0.05) is 18.2 Å². The number of benzene rings is 1. The van der Waals surface area contributed by atoms with Crippen molar-refractivity contribution in [2.45, 2.75) is 45.1 Å². The smallest absolute Gasteiger partial charge is 0.128 e. The van der Waals surface area contributed by atoms with E-state index in [0.29, 0.717) is 6.54 Å². The highest BCUT2D eigenvalue weighted by atomic mass is 19.1. The Balaban J connectivity index is 1.93. The van der Waals surface area contributed by atoms with Gasteiger partial charge in [-0.05, 0) is 56.5 Å². The summed E-state index contributed by atoms with van der Waals surface area (Å²) in [5.74, 6) is -0.0366. The lowest BCUT2D eigenvalue weighted by Gasteiger charge is -2.24. The normalized spacial score (nSPS) is 22.0. The van der Waals surface area contributed by atoms with Crippen molar-refractivity contribution in [3.63, 3.8) is 0 Å². The highest BCUT2D eigenvalue weighted by molar-refractivity contribution is 5.22. The average molecular weight is 296 g/mol. The second kappa shape index (κ2) is 7.85. The third kappa shape index (κ3) is 4.75. The molecule has 0 saturated carbocycles. The maximum absolute atomic E-state index is 13.8. The largest absolute Gasteiger partial charge is 0.323 e. The molecule has 2 atom stereocenters. The molecule has 2 rings (SSSR count). The second-order valence-corrected chi connectivity index (χ2v) is 6.16. The lowest BCUT2D eigenvalue weighted by Crippen LogP contribution is -2.33. The minimum atomic E-state index is -0.469. The van der Waals surface area contributed by atoms with Gasteiger partial charge >= 0.3 is 0 Å². The SMILES string of the molecule is CCCC1CCCN(CC(N)c2cc(F)ccc2F)CC1. The van der Waals surface area contributed by atoms with Gasteiger partial charge in [-0.15, -0.1) is 0 Å². The van der Waals surface area contributed by atoms with Gasteiger partial charge in [0.15, 0.2) is 0 Å². The molecular formula is C17H26F2N2. The first-order valence-corrected chi connectivity index (χ1v) is 8.03. The Morgan fingerprint density at radius 1 is 1.29 bits per heavy atom. The summed E-state index contributed by atoms with van der Waals surface area (Å²) >= 11 is 0. The summed E-state index contributed by atoms with van der Waals surface area (Å²) in [6.07, 6.45) is 6.15. The Morgan fingerprint density at radius 2 is 2.10 bits per heavy atom. The molecular weight excluding hydrogens is 270 g/mol. The summed E-state index contributed by atoms with van der Waals surface area (Å²) in [5, 5.41) is 0. The number of halogens is 2. The van der Waals surface area contributed by atoms with Crippen molar-refractivity contribution in [1.82, 2.24) is 4.90 Å². The molecule has 0 amide bonds. The van der Waals surface area contributed by atoms with Crippen molar-refractivity contribution < 1.29 is 8.78 Å². The molecule has 0 radical (unpaired) electrons. The Bertz CT molecular complexity index is 450. The molecule has 2 N–H and O–H groups in total. The molecule has 1 aromatic carbocycles.